The van der Waals surface area contributed by atoms with Gasteiger partial charge in [0, 0.05) is 31.0 Å². The van der Waals surface area contributed by atoms with Gasteiger partial charge in [0.05, 0.1) is 6.20 Å². The molecule has 6 nitrogen and oxygen atoms in total. The lowest BCUT2D eigenvalue weighted by Gasteiger charge is -2.34. The predicted octanol–water partition coefficient (Wildman–Crippen LogP) is 1.68. The van der Waals surface area contributed by atoms with E-state index in [1.807, 2.05) is 38.2 Å². The summed E-state index contributed by atoms with van der Waals surface area (Å²) in [5.74, 6) is 1.00. The molecule has 23 heavy (non-hydrogen) atoms. The highest BCUT2D eigenvalue weighted by atomic mass is 16.2. The molecule has 0 spiro atoms. The van der Waals surface area contributed by atoms with E-state index in [0.717, 1.165) is 43.0 Å². The Labute approximate surface area is 136 Å². The summed E-state index contributed by atoms with van der Waals surface area (Å²) in [6, 6.07) is 6.22. The largest absolute Gasteiger partial charge is 0.355 e. The second kappa shape index (κ2) is 6.81. The van der Waals surface area contributed by atoms with Gasteiger partial charge >= 0.3 is 0 Å². The summed E-state index contributed by atoms with van der Waals surface area (Å²) in [4.78, 5) is 19.0. The van der Waals surface area contributed by atoms with Gasteiger partial charge < -0.3 is 10.2 Å². The van der Waals surface area contributed by atoms with Crippen LogP contribution in [0.4, 0.5) is 5.82 Å². The minimum Gasteiger partial charge on any atom is -0.355 e. The quantitative estimate of drug-likeness (QED) is 0.933. The van der Waals surface area contributed by atoms with Crippen LogP contribution in [0.25, 0.3) is 0 Å². The van der Waals surface area contributed by atoms with Crippen molar-refractivity contribution in [2.45, 2.75) is 39.3 Å². The highest BCUT2D eigenvalue weighted by molar-refractivity contribution is 5.76. The predicted molar refractivity (Wildman–Crippen MR) is 89.3 cm³/mol. The molecule has 1 fully saturated rings. The van der Waals surface area contributed by atoms with Crippen LogP contribution in [0.2, 0.25) is 0 Å². The van der Waals surface area contributed by atoms with E-state index >= 15 is 0 Å². The number of aromatic nitrogens is 3. The van der Waals surface area contributed by atoms with Crippen molar-refractivity contribution in [3.8, 4) is 0 Å². The van der Waals surface area contributed by atoms with E-state index in [9.17, 15) is 4.79 Å². The van der Waals surface area contributed by atoms with Crippen molar-refractivity contribution in [1.29, 1.82) is 0 Å². The van der Waals surface area contributed by atoms with Crippen molar-refractivity contribution in [3.05, 3.63) is 41.9 Å². The molecule has 0 saturated carbocycles. The van der Waals surface area contributed by atoms with E-state index in [1.165, 1.54) is 0 Å². The molecule has 1 aliphatic rings. The van der Waals surface area contributed by atoms with Gasteiger partial charge in [-0.05, 0) is 44.4 Å². The molecule has 0 radical (unpaired) electrons. The molecule has 1 amide bonds. The first-order valence-electron chi connectivity index (χ1n) is 8.07. The average Bonchev–Trinajstić information content (AvgIpc) is 2.92. The molecule has 6 heteroatoms. The average molecular weight is 313 g/mol. The number of piperidine rings is 1. The molecule has 0 aliphatic carbocycles. The van der Waals surface area contributed by atoms with Crippen LogP contribution in [0.3, 0.4) is 0 Å². The lowest BCUT2D eigenvalue weighted by atomic mass is 10.1. The number of nitrogens with zero attached hydrogens (tertiary/aromatic N) is 4. The Morgan fingerprint density at radius 1 is 1.39 bits per heavy atom. The molecular formula is C17H23N5O. The second-order valence-electron chi connectivity index (χ2n) is 6.21. The first-order valence-corrected chi connectivity index (χ1v) is 8.07. The molecule has 122 valence electrons. The first-order chi connectivity index (χ1) is 11.1. The smallest absolute Gasteiger partial charge is 0.242 e. The maximum absolute atomic E-state index is 12.2. The Hall–Kier alpha value is -2.37. The van der Waals surface area contributed by atoms with Crippen molar-refractivity contribution in [3.63, 3.8) is 0 Å². The SMILES string of the molecule is Cc1cnn(CC(=O)NC2CCCN(c3cccc(C)n3)C2)c1. The fourth-order valence-corrected chi connectivity index (χ4v) is 2.98. The van der Waals surface area contributed by atoms with Gasteiger partial charge in [0.15, 0.2) is 0 Å². The van der Waals surface area contributed by atoms with Crippen molar-refractivity contribution < 1.29 is 4.79 Å². The summed E-state index contributed by atoms with van der Waals surface area (Å²) in [7, 11) is 0. The maximum Gasteiger partial charge on any atom is 0.242 e. The van der Waals surface area contributed by atoms with Gasteiger partial charge in [-0.2, -0.15) is 5.10 Å². The molecule has 1 aliphatic heterocycles. The van der Waals surface area contributed by atoms with Gasteiger partial charge in [0.2, 0.25) is 5.91 Å². The third-order valence-corrected chi connectivity index (χ3v) is 4.05. The topological polar surface area (TPSA) is 63.1 Å². The van der Waals surface area contributed by atoms with E-state index in [0.29, 0.717) is 0 Å². The van der Waals surface area contributed by atoms with E-state index in [2.05, 4.69) is 20.3 Å². The normalized spacial score (nSPS) is 18.0. The summed E-state index contributed by atoms with van der Waals surface area (Å²) in [6.45, 7) is 6.03. The van der Waals surface area contributed by atoms with Crippen LogP contribution in [0.1, 0.15) is 24.1 Å². The fourth-order valence-electron chi connectivity index (χ4n) is 2.98. The molecule has 1 saturated heterocycles. The van der Waals surface area contributed by atoms with Gasteiger partial charge in [-0.15, -0.1) is 0 Å². The zero-order valence-corrected chi connectivity index (χ0v) is 13.7. The molecule has 2 aromatic heterocycles. The van der Waals surface area contributed by atoms with Crippen LogP contribution in [0, 0.1) is 13.8 Å². The zero-order valence-electron chi connectivity index (χ0n) is 13.7. The van der Waals surface area contributed by atoms with Crippen LogP contribution < -0.4 is 10.2 Å². The summed E-state index contributed by atoms with van der Waals surface area (Å²) >= 11 is 0. The number of nitrogens with one attached hydrogen (secondary N) is 1. The van der Waals surface area contributed by atoms with Crippen molar-refractivity contribution in [2.24, 2.45) is 0 Å². The minimum atomic E-state index is 0.0113. The number of amides is 1. The number of hydrogen-bond acceptors (Lipinski definition) is 4. The third-order valence-electron chi connectivity index (χ3n) is 4.05. The van der Waals surface area contributed by atoms with Gasteiger partial charge in [-0.1, -0.05) is 6.07 Å². The van der Waals surface area contributed by atoms with E-state index in [4.69, 9.17) is 0 Å². The van der Waals surface area contributed by atoms with E-state index < -0.39 is 0 Å². The van der Waals surface area contributed by atoms with Crippen LogP contribution in [0.5, 0.6) is 0 Å². The molecule has 1 N–H and O–H groups in total. The number of carbonyl (C=O) groups is 1. The van der Waals surface area contributed by atoms with Gasteiger partial charge in [-0.3, -0.25) is 9.48 Å². The van der Waals surface area contributed by atoms with Crippen LogP contribution in [-0.2, 0) is 11.3 Å². The monoisotopic (exact) mass is 313 g/mol. The molecule has 3 rings (SSSR count). The fraction of sp³-hybridized carbons (Fsp3) is 0.471. The van der Waals surface area contributed by atoms with Crippen molar-refractivity contribution >= 4 is 11.7 Å². The summed E-state index contributed by atoms with van der Waals surface area (Å²) in [6.07, 6.45) is 5.70. The second-order valence-corrected chi connectivity index (χ2v) is 6.21. The third kappa shape index (κ3) is 4.09. The summed E-state index contributed by atoms with van der Waals surface area (Å²) in [5, 5.41) is 7.28. The highest BCUT2D eigenvalue weighted by Gasteiger charge is 2.22. The van der Waals surface area contributed by atoms with E-state index in [1.54, 1.807) is 10.9 Å². The number of hydrogen-bond donors (Lipinski definition) is 1. The van der Waals surface area contributed by atoms with Gasteiger partial charge in [0.1, 0.15) is 12.4 Å². The number of aryl methyl sites for hydroxylation is 2. The Morgan fingerprint density at radius 2 is 2.26 bits per heavy atom. The van der Waals surface area contributed by atoms with Gasteiger partial charge in [-0.25, -0.2) is 4.98 Å². The lowest BCUT2D eigenvalue weighted by molar-refractivity contribution is -0.122. The Bertz CT molecular complexity index is 681. The first kappa shape index (κ1) is 15.5. The number of carbonyl (C=O) groups excluding carboxylic acids is 1. The van der Waals surface area contributed by atoms with E-state index in [-0.39, 0.29) is 18.5 Å². The molecule has 3 heterocycles. The van der Waals surface area contributed by atoms with Crippen LogP contribution >= 0.6 is 0 Å². The number of rotatable bonds is 4. The Morgan fingerprint density at radius 3 is 3.00 bits per heavy atom. The zero-order chi connectivity index (χ0) is 16.2. The van der Waals surface area contributed by atoms with Gasteiger partial charge in [0.25, 0.3) is 0 Å². The van der Waals surface area contributed by atoms with Crippen LogP contribution in [-0.4, -0.2) is 39.8 Å². The lowest BCUT2D eigenvalue weighted by Crippen LogP contribution is -2.48. The molecule has 1 atom stereocenters. The highest BCUT2D eigenvalue weighted by Crippen LogP contribution is 2.18. The van der Waals surface area contributed by atoms with Crippen molar-refractivity contribution in [2.75, 3.05) is 18.0 Å². The standard InChI is InChI=1S/C17H23N5O/c1-13-9-18-22(10-13)12-17(23)20-15-6-4-8-21(11-15)16-7-3-5-14(2)19-16/h3,5,7,9-10,15H,4,6,8,11-12H2,1-2H3,(H,20,23). The molecule has 2 aromatic rings. The summed E-state index contributed by atoms with van der Waals surface area (Å²) < 4.78 is 1.67. The number of anilines is 1. The number of pyridine rings is 1. The minimum absolute atomic E-state index is 0.0113. The maximum atomic E-state index is 12.2. The Balaban J connectivity index is 1.57. The summed E-state index contributed by atoms with van der Waals surface area (Å²) in [5.41, 5.74) is 2.08. The molecule has 0 bridgehead atoms. The molecular weight excluding hydrogens is 290 g/mol. The Kier molecular flexibility index (Phi) is 4.60. The molecule has 0 aromatic carbocycles. The molecule has 1 unspecified atom stereocenters. The van der Waals surface area contributed by atoms with Crippen molar-refractivity contribution in [1.82, 2.24) is 20.1 Å². The van der Waals surface area contributed by atoms with Crippen LogP contribution in [0.15, 0.2) is 30.6 Å².